The van der Waals surface area contributed by atoms with Crippen LogP contribution in [0.2, 0.25) is 0 Å². The molecule has 2 N–H and O–H groups in total. The molecule has 0 saturated carbocycles. The van der Waals surface area contributed by atoms with Crippen LogP contribution in [0.4, 0.5) is 0 Å². The quantitative estimate of drug-likeness (QED) is 0.543. The topological polar surface area (TPSA) is 29.0 Å². The summed E-state index contributed by atoms with van der Waals surface area (Å²) in [7, 11) is 0. The maximum Gasteiger partial charge on any atom is 0.0232 e. The molecule has 0 amide bonds. The van der Waals surface area contributed by atoms with Gasteiger partial charge in [-0.2, -0.15) is 0 Å². The molecule has 0 bridgehead atoms. The SMILES string of the molecule is NCCCN1C=C1. The smallest absolute Gasteiger partial charge is 0.0232 e. The van der Waals surface area contributed by atoms with Crippen molar-refractivity contribution in [2.45, 2.75) is 6.42 Å². The van der Waals surface area contributed by atoms with Crippen LogP contribution in [0, 0.1) is 0 Å². The number of nitrogens with two attached hydrogens (primary N) is 1. The van der Waals surface area contributed by atoms with E-state index in [4.69, 9.17) is 5.73 Å². The van der Waals surface area contributed by atoms with Crippen LogP contribution < -0.4 is 5.73 Å². The third kappa shape index (κ3) is 1.59. The number of nitrogens with zero attached hydrogens (tertiary/aromatic N) is 1. The summed E-state index contributed by atoms with van der Waals surface area (Å²) < 4.78 is 0. The first-order valence-corrected chi connectivity index (χ1v) is 2.57. The van der Waals surface area contributed by atoms with Gasteiger partial charge in [0.25, 0.3) is 0 Å². The normalized spacial score (nSPS) is 15.3. The third-order valence-corrected chi connectivity index (χ3v) is 0.980. The Hall–Kier alpha value is -0.500. The minimum atomic E-state index is 0.804. The second kappa shape index (κ2) is 1.98. The maximum atomic E-state index is 5.25. The van der Waals surface area contributed by atoms with E-state index < -0.39 is 0 Å². The Bertz CT molecular complexity index is 72.1. The highest BCUT2D eigenvalue weighted by Gasteiger charge is 2.01. The van der Waals surface area contributed by atoms with Crippen LogP contribution in [-0.2, 0) is 0 Å². The molecule has 1 rings (SSSR count). The lowest BCUT2D eigenvalue weighted by molar-refractivity contribution is 0.578. The largest absolute Gasteiger partial charge is 0.351 e. The Morgan fingerprint density at radius 3 is 2.57 bits per heavy atom. The van der Waals surface area contributed by atoms with E-state index in [-0.39, 0.29) is 0 Å². The van der Waals surface area contributed by atoms with Crippen LogP contribution in [0.3, 0.4) is 0 Å². The van der Waals surface area contributed by atoms with Gasteiger partial charge in [-0.05, 0) is 13.0 Å². The van der Waals surface area contributed by atoms with E-state index in [1.54, 1.807) is 0 Å². The molecular weight excluding hydrogens is 88.1 g/mol. The zero-order chi connectivity index (χ0) is 5.11. The van der Waals surface area contributed by atoms with Crippen LogP contribution >= 0.6 is 0 Å². The Balaban J connectivity index is 1.81. The van der Waals surface area contributed by atoms with Gasteiger partial charge in [-0.3, -0.25) is 0 Å². The molecule has 1 aliphatic heterocycles. The van der Waals surface area contributed by atoms with Crippen LogP contribution in [0.15, 0.2) is 12.4 Å². The second-order valence-electron chi connectivity index (χ2n) is 1.68. The van der Waals surface area contributed by atoms with Gasteiger partial charge < -0.3 is 10.6 Å². The minimum Gasteiger partial charge on any atom is -0.351 e. The van der Waals surface area contributed by atoms with Crippen molar-refractivity contribution in [2.24, 2.45) is 5.73 Å². The summed E-state index contributed by atoms with van der Waals surface area (Å²) in [6.07, 6.45) is 5.21. The fraction of sp³-hybridized carbons (Fsp3) is 0.600. The van der Waals surface area contributed by atoms with Crippen molar-refractivity contribution in [1.29, 1.82) is 0 Å². The molecule has 0 radical (unpaired) electrons. The van der Waals surface area contributed by atoms with Gasteiger partial charge in [0, 0.05) is 18.9 Å². The van der Waals surface area contributed by atoms with Crippen molar-refractivity contribution in [1.82, 2.24) is 4.90 Å². The fourth-order valence-electron chi connectivity index (χ4n) is 0.470. The molecular formula is C5H10N2. The maximum absolute atomic E-state index is 5.25. The molecule has 0 aliphatic carbocycles. The highest BCUT2D eigenvalue weighted by Crippen LogP contribution is 2.04. The molecule has 0 unspecified atom stereocenters. The van der Waals surface area contributed by atoms with Gasteiger partial charge in [-0.15, -0.1) is 0 Å². The molecule has 0 aromatic heterocycles. The standard InChI is InChI=1S/C5H10N2/c6-2-1-3-7-4-5-7/h4-5H,1-3,6H2. The van der Waals surface area contributed by atoms with E-state index in [1.807, 2.05) is 0 Å². The molecule has 0 fully saturated rings. The van der Waals surface area contributed by atoms with Crippen LogP contribution in [0.25, 0.3) is 0 Å². The molecule has 0 atom stereocenters. The van der Waals surface area contributed by atoms with Crippen molar-refractivity contribution in [2.75, 3.05) is 13.1 Å². The highest BCUT2D eigenvalue weighted by molar-refractivity contribution is 5.00. The van der Waals surface area contributed by atoms with Crippen LogP contribution in [0.1, 0.15) is 6.42 Å². The van der Waals surface area contributed by atoms with Gasteiger partial charge in [-0.25, -0.2) is 0 Å². The zero-order valence-electron chi connectivity index (χ0n) is 4.30. The lowest BCUT2D eigenvalue weighted by atomic mass is 10.4. The predicted octanol–water partition coefficient (Wildman–Crippen LogP) is 0.122. The summed E-state index contributed by atoms with van der Waals surface area (Å²) >= 11 is 0. The first-order chi connectivity index (χ1) is 3.43. The second-order valence-corrected chi connectivity index (χ2v) is 1.68. The molecule has 0 spiro atoms. The van der Waals surface area contributed by atoms with E-state index in [0.717, 1.165) is 19.5 Å². The van der Waals surface area contributed by atoms with Crippen molar-refractivity contribution in [3.63, 3.8) is 0 Å². The van der Waals surface area contributed by atoms with Crippen LogP contribution in [-0.4, -0.2) is 18.0 Å². The molecule has 2 nitrogen and oxygen atoms in total. The van der Waals surface area contributed by atoms with Crippen molar-refractivity contribution >= 4 is 0 Å². The Labute approximate surface area is 43.6 Å². The van der Waals surface area contributed by atoms with E-state index >= 15 is 0 Å². The number of hydrogen-bond acceptors (Lipinski definition) is 2. The lowest BCUT2D eigenvalue weighted by Gasteiger charge is -1.96. The third-order valence-electron chi connectivity index (χ3n) is 0.980. The fourth-order valence-corrected chi connectivity index (χ4v) is 0.470. The molecule has 40 valence electrons. The molecule has 0 aromatic rings. The molecule has 2 heteroatoms. The molecule has 0 saturated heterocycles. The van der Waals surface area contributed by atoms with E-state index in [0.29, 0.717) is 0 Å². The van der Waals surface area contributed by atoms with E-state index in [1.165, 1.54) is 0 Å². The summed E-state index contributed by atoms with van der Waals surface area (Å²) in [6, 6.07) is 0. The highest BCUT2D eigenvalue weighted by atomic mass is 15.2. The van der Waals surface area contributed by atoms with Gasteiger partial charge in [0.15, 0.2) is 0 Å². The monoisotopic (exact) mass is 98.1 g/mol. The van der Waals surface area contributed by atoms with Crippen molar-refractivity contribution < 1.29 is 0 Å². The van der Waals surface area contributed by atoms with Gasteiger partial charge >= 0.3 is 0 Å². The molecule has 7 heavy (non-hydrogen) atoms. The molecule has 0 aromatic carbocycles. The lowest BCUT2D eigenvalue weighted by Crippen LogP contribution is -2.06. The summed E-state index contributed by atoms with van der Waals surface area (Å²) in [6.45, 7) is 1.91. The van der Waals surface area contributed by atoms with E-state index in [2.05, 4.69) is 17.3 Å². The average Bonchev–Trinajstić information content (AvgIpc) is 2.42. The Morgan fingerprint density at radius 1 is 1.43 bits per heavy atom. The number of hydrogen-bond donors (Lipinski definition) is 1. The number of rotatable bonds is 3. The summed E-state index contributed by atoms with van der Waals surface area (Å²) in [5, 5.41) is 0. The predicted molar refractivity (Wildman–Crippen MR) is 29.5 cm³/mol. The van der Waals surface area contributed by atoms with Gasteiger partial charge in [0.2, 0.25) is 0 Å². The van der Waals surface area contributed by atoms with Gasteiger partial charge in [-0.1, -0.05) is 0 Å². The first-order valence-electron chi connectivity index (χ1n) is 2.57. The van der Waals surface area contributed by atoms with Crippen molar-refractivity contribution in [3.05, 3.63) is 12.4 Å². The van der Waals surface area contributed by atoms with Crippen molar-refractivity contribution in [3.8, 4) is 0 Å². The van der Waals surface area contributed by atoms with E-state index in [9.17, 15) is 0 Å². The molecule has 1 heterocycles. The average molecular weight is 98.1 g/mol. The summed E-state index contributed by atoms with van der Waals surface area (Å²) in [4.78, 5) is 2.13. The van der Waals surface area contributed by atoms with Crippen LogP contribution in [0.5, 0.6) is 0 Å². The molecule has 1 aliphatic rings. The summed E-state index contributed by atoms with van der Waals surface area (Å²) in [5.41, 5.74) is 5.25. The summed E-state index contributed by atoms with van der Waals surface area (Å²) in [5.74, 6) is 0. The first kappa shape index (κ1) is 4.65. The Kier molecular flexibility index (Phi) is 1.32. The van der Waals surface area contributed by atoms with Gasteiger partial charge in [0.1, 0.15) is 0 Å². The minimum absolute atomic E-state index is 0.804. The zero-order valence-corrected chi connectivity index (χ0v) is 4.30. The van der Waals surface area contributed by atoms with Gasteiger partial charge in [0.05, 0.1) is 0 Å². The Morgan fingerprint density at radius 2 is 2.14 bits per heavy atom.